The van der Waals surface area contributed by atoms with E-state index in [0.717, 1.165) is 40.5 Å². The van der Waals surface area contributed by atoms with Crippen LogP contribution in [0.5, 0.6) is 5.75 Å². The third kappa shape index (κ3) is 6.59. The van der Waals surface area contributed by atoms with Crippen molar-refractivity contribution in [2.45, 2.75) is 57.1 Å². The smallest absolute Gasteiger partial charge is 0.251 e. The highest BCUT2D eigenvalue weighted by Gasteiger charge is 2.26. The average Bonchev–Trinajstić information content (AvgIpc) is 3.76. The van der Waals surface area contributed by atoms with Gasteiger partial charge in [0.2, 0.25) is 0 Å². The Morgan fingerprint density at radius 3 is 2.62 bits per heavy atom. The standard InChI is InChI=1S/C28H32N4O2S.C2H6/c1-18(31-21-6-7-21)24-16-22(8-11-25(24)29)32-13-14-34-27-15-20(5-12-26(27)32)28(33)30-17-19-3-9-23(35-2)10-4-19;1-2/h3-5,8-12,15-16,21,25,31H,6-7,13-14,17,29H2,1-2H3,(H,30,33);1-2H3/b24-18-;. The quantitative estimate of drug-likeness (QED) is 0.428. The van der Waals surface area contributed by atoms with E-state index in [-0.39, 0.29) is 11.9 Å². The maximum absolute atomic E-state index is 12.8. The van der Waals surface area contributed by atoms with Gasteiger partial charge in [0.05, 0.1) is 18.3 Å². The fourth-order valence-electron chi connectivity index (χ4n) is 4.41. The first-order valence-electron chi connectivity index (χ1n) is 13.1. The van der Waals surface area contributed by atoms with Gasteiger partial charge in [-0.15, -0.1) is 11.8 Å². The van der Waals surface area contributed by atoms with Crippen LogP contribution < -0.4 is 26.0 Å². The SMILES string of the molecule is CC.CSc1ccc(CNC(=O)c2ccc3c(c2)OCCN3C2=C/C(=C(\C)NC3CC3)C(N)C=C2)cc1. The van der Waals surface area contributed by atoms with Crippen LogP contribution in [0.1, 0.15) is 49.5 Å². The number of nitrogens with one attached hydrogen (secondary N) is 2. The van der Waals surface area contributed by atoms with Crippen LogP contribution in [0.25, 0.3) is 0 Å². The first-order valence-corrected chi connectivity index (χ1v) is 14.3. The zero-order chi connectivity index (χ0) is 26.4. The zero-order valence-corrected chi connectivity index (χ0v) is 23.0. The fourth-order valence-corrected chi connectivity index (χ4v) is 4.82. The molecule has 2 aliphatic carbocycles. The van der Waals surface area contributed by atoms with Gasteiger partial charge in [0.25, 0.3) is 5.91 Å². The number of hydrogen-bond acceptors (Lipinski definition) is 6. The second-order valence-electron chi connectivity index (χ2n) is 9.17. The average molecular weight is 519 g/mol. The van der Waals surface area contributed by atoms with Gasteiger partial charge in [-0.05, 0) is 79.6 Å². The van der Waals surface area contributed by atoms with E-state index in [4.69, 9.17) is 10.5 Å². The lowest BCUT2D eigenvalue weighted by molar-refractivity contribution is 0.0950. The number of carbonyl (C=O) groups excluding carboxylic acids is 1. The van der Waals surface area contributed by atoms with E-state index >= 15 is 0 Å². The lowest BCUT2D eigenvalue weighted by atomic mass is 9.98. The van der Waals surface area contributed by atoms with Crippen LogP contribution in [0.15, 0.2) is 82.6 Å². The molecule has 1 heterocycles. The van der Waals surface area contributed by atoms with Crippen LogP contribution in [-0.4, -0.2) is 37.4 Å². The second-order valence-corrected chi connectivity index (χ2v) is 10.0. The van der Waals surface area contributed by atoms with Gasteiger partial charge >= 0.3 is 0 Å². The number of hydrogen-bond donors (Lipinski definition) is 3. The molecule has 2 aromatic rings. The minimum atomic E-state index is -0.117. The molecule has 3 aliphatic rings. The summed E-state index contributed by atoms with van der Waals surface area (Å²) in [5.74, 6) is 0.605. The predicted molar refractivity (Wildman–Crippen MR) is 154 cm³/mol. The second kappa shape index (κ2) is 12.4. The summed E-state index contributed by atoms with van der Waals surface area (Å²) < 4.78 is 5.96. The number of allylic oxidation sites excluding steroid dienone is 2. The Labute approximate surface area is 225 Å². The molecule has 6 nitrogen and oxygen atoms in total. The lowest BCUT2D eigenvalue weighted by Gasteiger charge is -2.34. The number of fused-ring (bicyclic) bond motifs is 1. The van der Waals surface area contributed by atoms with Gasteiger partial charge in [0.15, 0.2) is 0 Å². The fraction of sp³-hybridized carbons (Fsp3) is 0.367. The van der Waals surface area contributed by atoms with Crippen molar-refractivity contribution in [3.05, 3.63) is 88.8 Å². The van der Waals surface area contributed by atoms with Crippen molar-refractivity contribution in [1.29, 1.82) is 0 Å². The molecule has 5 rings (SSSR count). The summed E-state index contributed by atoms with van der Waals surface area (Å²) >= 11 is 1.70. The van der Waals surface area contributed by atoms with Gasteiger partial charge < -0.3 is 26.0 Å². The van der Waals surface area contributed by atoms with Crippen LogP contribution in [0.3, 0.4) is 0 Å². The Morgan fingerprint density at radius 2 is 1.92 bits per heavy atom. The van der Waals surface area contributed by atoms with E-state index in [1.54, 1.807) is 11.8 Å². The van der Waals surface area contributed by atoms with Gasteiger partial charge in [0.1, 0.15) is 12.4 Å². The molecule has 0 spiro atoms. The molecule has 196 valence electrons. The molecule has 0 radical (unpaired) electrons. The zero-order valence-electron chi connectivity index (χ0n) is 22.2. The first kappa shape index (κ1) is 26.9. The van der Waals surface area contributed by atoms with Crippen molar-refractivity contribution in [2.24, 2.45) is 5.73 Å². The van der Waals surface area contributed by atoms with E-state index in [2.05, 4.69) is 53.0 Å². The molecule has 1 unspecified atom stereocenters. The van der Waals surface area contributed by atoms with Gasteiger partial charge in [-0.2, -0.15) is 0 Å². The van der Waals surface area contributed by atoms with Gasteiger partial charge in [-0.1, -0.05) is 32.1 Å². The summed E-state index contributed by atoms with van der Waals surface area (Å²) in [5.41, 5.74) is 12.3. The molecule has 1 saturated carbocycles. The monoisotopic (exact) mass is 518 g/mol. The van der Waals surface area contributed by atoms with Crippen LogP contribution in [-0.2, 0) is 6.54 Å². The van der Waals surface area contributed by atoms with Crippen LogP contribution in [0, 0.1) is 0 Å². The van der Waals surface area contributed by atoms with Gasteiger partial charge in [0, 0.05) is 34.4 Å². The maximum atomic E-state index is 12.8. The summed E-state index contributed by atoms with van der Waals surface area (Å²) in [6.45, 7) is 7.88. The van der Waals surface area contributed by atoms with E-state index in [9.17, 15) is 4.79 Å². The third-order valence-electron chi connectivity index (χ3n) is 6.58. The number of rotatable bonds is 7. The summed E-state index contributed by atoms with van der Waals surface area (Å²) in [6, 6.07) is 14.4. The van der Waals surface area contributed by atoms with Gasteiger partial charge in [-0.25, -0.2) is 0 Å². The van der Waals surface area contributed by atoms with Crippen molar-refractivity contribution in [2.75, 3.05) is 24.3 Å². The summed E-state index contributed by atoms with van der Waals surface area (Å²) in [4.78, 5) is 16.3. The number of benzene rings is 2. The molecule has 2 aromatic carbocycles. The third-order valence-corrected chi connectivity index (χ3v) is 7.32. The molecule has 1 fully saturated rings. The molecule has 1 aliphatic heterocycles. The Bertz CT molecular complexity index is 1200. The predicted octanol–water partition coefficient (Wildman–Crippen LogP) is 5.37. The lowest BCUT2D eigenvalue weighted by Crippen LogP contribution is -2.34. The molecule has 0 saturated heterocycles. The molecular formula is C30H38N4O2S. The van der Waals surface area contributed by atoms with E-state index < -0.39 is 0 Å². The maximum Gasteiger partial charge on any atom is 0.251 e. The molecule has 1 atom stereocenters. The van der Waals surface area contributed by atoms with Crippen LogP contribution in [0.4, 0.5) is 5.69 Å². The first-order chi connectivity index (χ1) is 18.0. The number of carbonyl (C=O) groups is 1. The Kier molecular flexibility index (Phi) is 9.00. The van der Waals surface area contributed by atoms with Crippen LogP contribution in [0.2, 0.25) is 0 Å². The summed E-state index contributed by atoms with van der Waals surface area (Å²) in [5, 5.41) is 6.59. The topological polar surface area (TPSA) is 79.6 Å². The molecule has 0 aromatic heterocycles. The van der Waals surface area contributed by atoms with Crippen molar-refractivity contribution >= 4 is 23.4 Å². The Morgan fingerprint density at radius 1 is 1.16 bits per heavy atom. The molecule has 0 bridgehead atoms. The number of nitrogens with zero attached hydrogens (tertiary/aromatic N) is 1. The van der Waals surface area contributed by atoms with E-state index in [1.165, 1.54) is 17.7 Å². The van der Waals surface area contributed by atoms with Crippen LogP contribution >= 0.6 is 11.8 Å². The number of anilines is 1. The number of thioether (sulfide) groups is 1. The number of amides is 1. The van der Waals surface area contributed by atoms with Crippen molar-refractivity contribution < 1.29 is 9.53 Å². The number of ether oxygens (including phenoxy) is 1. The molecule has 1 amide bonds. The molecule has 37 heavy (non-hydrogen) atoms. The number of nitrogens with two attached hydrogens (primary N) is 1. The van der Waals surface area contributed by atoms with Gasteiger partial charge in [-0.3, -0.25) is 4.79 Å². The molecule has 4 N–H and O–H groups in total. The Balaban J connectivity index is 0.00000156. The minimum Gasteiger partial charge on any atom is -0.490 e. The minimum absolute atomic E-state index is 0.114. The van der Waals surface area contributed by atoms with E-state index in [0.29, 0.717) is 24.8 Å². The summed E-state index contributed by atoms with van der Waals surface area (Å²) in [6.07, 6.45) is 10.8. The highest BCUT2D eigenvalue weighted by Crippen LogP contribution is 2.36. The summed E-state index contributed by atoms with van der Waals surface area (Å²) in [7, 11) is 0. The highest BCUT2D eigenvalue weighted by atomic mass is 32.2. The van der Waals surface area contributed by atoms with Crippen molar-refractivity contribution in [3.8, 4) is 5.75 Å². The van der Waals surface area contributed by atoms with E-state index in [1.807, 2.05) is 50.3 Å². The van der Waals surface area contributed by atoms with Crippen molar-refractivity contribution in [3.63, 3.8) is 0 Å². The molecular weight excluding hydrogens is 480 g/mol. The Hall–Kier alpha value is -3.16. The largest absolute Gasteiger partial charge is 0.490 e. The highest BCUT2D eigenvalue weighted by molar-refractivity contribution is 7.98. The normalized spacial score (nSPS) is 19.5. The van der Waals surface area contributed by atoms with Crippen molar-refractivity contribution in [1.82, 2.24) is 10.6 Å². The molecule has 7 heteroatoms.